The number of nitrogens with two attached hydrogens (primary N) is 1. The number of halogens is 3. The summed E-state index contributed by atoms with van der Waals surface area (Å²) in [4.78, 5) is 14.6. The molecule has 0 radical (unpaired) electrons. The number of methoxy groups -OCH3 is 1. The lowest BCUT2D eigenvalue weighted by Gasteiger charge is -2.29. The molecule has 2 atom stereocenters. The topological polar surface area (TPSA) is 73.4 Å². The van der Waals surface area contributed by atoms with Gasteiger partial charge in [0.1, 0.15) is 18.0 Å². The van der Waals surface area contributed by atoms with Crippen LogP contribution in [0.5, 0.6) is 5.75 Å². The van der Waals surface area contributed by atoms with E-state index >= 15 is 0 Å². The first-order chi connectivity index (χ1) is 15.3. The van der Waals surface area contributed by atoms with Gasteiger partial charge in [0.15, 0.2) is 0 Å². The lowest BCUT2D eigenvalue weighted by molar-refractivity contribution is -0.146. The van der Waals surface area contributed by atoms with Crippen molar-refractivity contribution in [1.29, 1.82) is 0 Å². The first-order valence-corrected chi connectivity index (χ1v) is 9.83. The predicted octanol–water partition coefficient (Wildman–Crippen LogP) is 3.40. The highest BCUT2D eigenvalue weighted by atomic mass is 19.4. The number of nitrogens with zero attached hydrogens (tertiary/aromatic N) is 3. The average molecular weight is 425 g/mol. The number of rotatable bonds is 5. The summed E-state index contributed by atoms with van der Waals surface area (Å²) in [5.74, 6) is -0.385. The molecule has 1 aliphatic heterocycles. The molecular weight excluding hydrogens is 397 g/mol. The Balaban J connectivity index is 1.61. The summed E-state index contributed by atoms with van der Waals surface area (Å²) in [6.07, 6.45) is -2.59. The van der Waals surface area contributed by atoms with Crippen LogP contribution in [0.1, 0.15) is 57.8 Å². The van der Waals surface area contributed by atoms with Crippen LogP contribution in [-0.2, 0) is 17.5 Å². The van der Waals surface area contributed by atoms with Gasteiger partial charge in [-0.2, -0.15) is 18.3 Å². The fourth-order valence-electron chi connectivity index (χ4n) is 4.14. The summed E-state index contributed by atoms with van der Waals surface area (Å²) >= 11 is 0. The minimum absolute atomic E-state index is 0.0130. The van der Waals surface area contributed by atoms with E-state index in [1.54, 1.807) is 19.1 Å². The maximum atomic E-state index is 13.5. The molecule has 0 unspecified atom stereocenters. The summed E-state index contributed by atoms with van der Waals surface area (Å²) in [5.41, 5.74) is 6.81. The van der Waals surface area contributed by atoms with Crippen molar-refractivity contribution in [2.24, 2.45) is 5.73 Å². The normalized spacial score (nSPS) is 23.8. The van der Waals surface area contributed by atoms with E-state index in [-0.39, 0.29) is 18.2 Å². The Bertz CT molecular complexity index is 1050. The molecule has 0 spiro atoms. The van der Waals surface area contributed by atoms with Gasteiger partial charge in [-0.3, -0.25) is 9.48 Å². The molecule has 4 rings (SSSR count). The lowest BCUT2D eigenvalue weighted by Crippen LogP contribution is -2.38. The van der Waals surface area contributed by atoms with E-state index in [2.05, 4.69) is 5.10 Å². The van der Waals surface area contributed by atoms with Crippen LogP contribution in [0.3, 0.4) is 0 Å². The van der Waals surface area contributed by atoms with Gasteiger partial charge in [-0.15, -0.1) is 0 Å². The second-order valence-corrected chi connectivity index (χ2v) is 7.94. The largest absolute Gasteiger partial charge is 0.496 e. The summed E-state index contributed by atoms with van der Waals surface area (Å²) < 4.78 is 68.5. The first kappa shape index (κ1) is 17.2. The van der Waals surface area contributed by atoms with E-state index in [0.29, 0.717) is 23.2 Å². The molecule has 1 amide bonds. The van der Waals surface area contributed by atoms with Crippen LogP contribution >= 0.6 is 0 Å². The number of ether oxygens (including phenoxy) is 1. The minimum atomic E-state index is -4.63. The maximum Gasteiger partial charge on any atom is 0.433 e. The Labute approximate surface area is 177 Å². The van der Waals surface area contributed by atoms with Crippen molar-refractivity contribution in [2.75, 3.05) is 13.6 Å². The Kier molecular flexibility index (Phi) is 4.35. The van der Waals surface area contributed by atoms with Gasteiger partial charge in [0.05, 0.1) is 22.9 Å². The number of carbonyl (C=O) groups excluding carboxylic acids is 1. The Morgan fingerprint density at radius 1 is 1.37 bits per heavy atom. The third kappa shape index (κ3) is 3.78. The van der Waals surface area contributed by atoms with E-state index in [9.17, 15) is 18.0 Å². The van der Waals surface area contributed by atoms with E-state index in [1.165, 1.54) is 11.0 Å². The van der Waals surface area contributed by atoms with Crippen molar-refractivity contribution in [1.82, 2.24) is 14.7 Å². The zero-order valence-electron chi connectivity index (χ0n) is 19.4. The number of carbonyl (C=O) groups is 1. The number of likely N-dealkylation sites (tertiary alicyclic amines) is 1. The molecule has 1 aromatic heterocycles. The third-order valence-corrected chi connectivity index (χ3v) is 5.89. The zero-order chi connectivity index (χ0) is 24.1. The molecule has 2 N–H and O–H groups in total. The standard InChI is InChI=1S/C21H25F3N4O2/c1-12-14(4-3-5-17(12)30-2)20-15(25)8-9-27(20)19(29)11-28-18(21(22,23)24)10-16(26-28)13-6-7-13/h3-5,10,13,15,20H,6-9,11,25H2,1-2H3/t15-,20-/m1/s1/i2D3. The number of hydrogen-bond acceptors (Lipinski definition) is 4. The highest BCUT2D eigenvalue weighted by Crippen LogP contribution is 2.42. The Hall–Kier alpha value is -2.55. The summed E-state index contributed by atoms with van der Waals surface area (Å²) in [5, 5.41) is 4.07. The van der Waals surface area contributed by atoms with Crippen LogP contribution < -0.4 is 10.5 Å². The van der Waals surface area contributed by atoms with Crippen molar-refractivity contribution >= 4 is 5.91 Å². The van der Waals surface area contributed by atoms with E-state index < -0.39 is 43.4 Å². The monoisotopic (exact) mass is 425 g/mol. The SMILES string of the molecule is [2H]C([2H])([2H])Oc1cccc([C@@H]2[C@H](N)CCN2C(=O)Cn2nc(C3CC3)cc2C(F)(F)F)c1C. The van der Waals surface area contributed by atoms with Gasteiger partial charge >= 0.3 is 6.18 Å². The Morgan fingerprint density at radius 3 is 2.80 bits per heavy atom. The molecule has 0 bridgehead atoms. The van der Waals surface area contributed by atoms with Gasteiger partial charge in [0.25, 0.3) is 0 Å². The van der Waals surface area contributed by atoms with E-state index in [0.717, 1.165) is 23.6 Å². The quantitative estimate of drug-likeness (QED) is 0.797. The van der Waals surface area contributed by atoms with Gasteiger partial charge in [0, 0.05) is 18.5 Å². The van der Waals surface area contributed by atoms with Crippen molar-refractivity contribution in [3.05, 3.63) is 46.8 Å². The Morgan fingerprint density at radius 2 is 2.13 bits per heavy atom. The molecule has 2 fully saturated rings. The van der Waals surface area contributed by atoms with Crippen LogP contribution in [0.2, 0.25) is 0 Å². The highest BCUT2D eigenvalue weighted by molar-refractivity contribution is 5.77. The van der Waals surface area contributed by atoms with Gasteiger partial charge in [0.2, 0.25) is 5.91 Å². The smallest absolute Gasteiger partial charge is 0.433 e. The van der Waals surface area contributed by atoms with Crippen LogP contribution in [0.4, 0.5) is 13.2 Å². The predicted molar refractivity (Wildman–Crippen MR) is 104 cm³/mol. The molecule has 1 saturated heterocycles. The van der Waals surface area contributed by atoms with Crippen molar-refractivity contribution in [3.8, 4) is 5.75 Å². The molecule has 1 aliphatic carbocycles. The zero-order valence-corrected chi connectivity index (χ0v) is 16.4. The molecule has 2 heterocycles. The van der Waals surface area contributed by atoms with E-state index in [4.69, 9.17) is 14.6 Å². The third-order valence-electron chi connectivity index (χ3n) is 5.89. The first-order valence-electron chi connectivity index (χ1n) is 11.3. The van der Waals surface area contributed by atoms with Crippen LogP contribution in [0.25, 0.3) is 0 Å². The molecule has 2 aliphatic rings. The fourth-order valence-corrected chi connectivity index (χ4v) is 4.14. The number of amides is 1. The second kappa shape index (κ2) is 7.61. The molecule has 30 heavy (non-hydrogen) atoms. The van der Waals surface area contributed by atoms with Gasteiger partial charge < -0.3 is 15.4 Å². The van der Waals surface area contributed by atoms with Crippen molar-refractivity contribution < 1.29 is 26.8 Å². The average Bonchev–Trinajstić information content (AvgIpc) is 3.34. The van der Waals surface area contributed by atoms with Crippen LogP contribution in [0.15, 0.2) is 24.3 Å². The van der Waals surface area contributed by atoms with Crippen LogP contribution in [-0.4, -0.2) is 40.2 Å². The molecular formula is C21H25F3N4O2. The number of hydrogen-bond donors (Lipinski definition) is 1. The van der Waals surface area contributed by atoms with Crippen LogP contribution in [0, 0.1) is 6.92 Å². The van der Waals surface area contributed by atoms with Crippen molar-refractivity contribution in [2.45, 2.75) is 56.9 Å². The highest BCUT2D eigenvalue weighted by Gasteiger charge is 2.41. The van der Waals surface area contributed by atoms with Crippen molar-refractivity contribution in [3.63, 3.8) is 0 Å². The molecule has 1 saturated carbocycles. The number of benzene rings is 1. The van der Waals surface area contributed by atoms with E-state index in [1.807, 2.05) is 0 Å². The lowest BCUT2D eigenvalue weighted by atomic mass is 9.95. The molecule has 1 aromatic carbocycles. The molecule has 6 nitrogen and oxygen atoms in total. The number of aromatic nitrogens is 2. The fraction of sp³-hybridized carbons (Fsp3) is 0.524. The van der Waals surface area contributed by atoms with Gasteiger partial charge in [-0.05, 0) is 49.4 Å². The minimum Gasteiger partial charge on any atom is -0.496 e. The molecule has 9 heteroatoms. The summed E-state index contributed by atoms with van der Waals surface area (Å²) in [6, 6.07) is 4.78. The number of alkyl halides is 3. The summed E-state index contributed by atoms with van der Waals surface area (Å²) in [6.45, 7) is 1.38. The maximum absolute atomic E-state index is 13.5. The molecule has 2 aromatic rings. The summed E-state index contributed by atoms with van der Waals surface area (Å²) in [7, 11) is -2.65. The van der Waals surface area contributed by atoms with Gasteiger partial charge in [-0.25, -0.2) is 0 Å². The second-order valence-electron chi connectivity index (χ2n) is 7.94. The van der Waals surface area contributed by atoms with Gasteiger partial charge in [-0.1, -0.05) is 12.1 Å². The molecule has 162 valence electrons.